The van der Waals surface area contributed by atoms with Crippen LogP contribution in [0.3, 0.4) is 0 Å². The summed E-state index contributed by atoms with van der Waals surface area (Å²) in [6.45, 7) is 3.75. The van der Waals surface area contributed by atoms with E-state index >= 15 is 0 Å². The van der Waals surface area contributed by atoms with Crippen LogP contribution in [-0.2, 0) is 48.5 Å². The van der Waals surface area contributed by atoms with Gasteiger partial charge in [0.1, 0.15) is 5.82 Å². The highest BCUT2D eigenvalue weighted by Crippen LogP contribution is 2.47. The van der Waals surface area contributed by atoms with Crippen LogP contribution in [0.1, 0.15) is 43.7 Å². The number of nitrogens with zero attached hydrogens (tertiary/aromatic N) is 3. The fourth-order valence-corrected chi connectivity index (χ4v) is 6.67. The Kier molecular flexibility index (Phi) is 7.87. The Hall–Kier alpha value is -4.87. The molecular weight excluding hydrogens is 586 g/mol. The lowest BCUT2D eigenvalue weighted by molar-refractivity contribution is -0.140. The highest BCUT2D eigenvalue weighted by molar-refractivity contribution is 6.06. The fourth-order valence-electron chi connectivity index (χ4n) is 6.67. The summed E-state index contributed by atoms with van der Waals surface area (Å²) in [6.07, 6.45) is 7.36. The predicted molar refractivity (Wildman–Crippen MR) is 170 cm³/mol. The molecule has 2 N–H and O–H groups in total. The number of H-pyrrole nitrogens is 1. The van der Waals surface area contributed by atoms with Crippen LogP contribution in [0.15, 0.2) is 54.9 Å². The van der Waals surface area contributed by atoms with Gasteiger partial charge < -0.3 is 24.4 Å². The Labute approximate surface area is 265 Å². The number of benzene rings is 2. The summed E-state index contributed by atoms with van der Waals surface area (Å²) in [5.41, 5.74) is 5.87. The third-order valence-electron chi connectivity index (χ3n) is 9.11. The van der Waals surface area contributed by atoms with E-state index in [9.17, 15) is 14.4 Å². The molecule has 1 spiro atoms. The number of nitrogens with one attached hydrogen (secondary N) is 2. The van der Waals surface area contributed by atoms with Gasteiger partial charge in [-0.2, -0.15) is 5.10 Å². The topological polar surface area (TPSA) is 136 Å². The van der Waals surface area contributed by atoms with E-state index in [1.54, 1.807) is 31.6 Å². The molecule has 3 aliphatic rings. The van der Waals surface area contributed by atoms with Gasteiger partial charge in [-0.05, 0) is 71.8 Å². The van der Waals surface area contributed by atoms with Gasteiger partial charge in [0, 0.05) is 37.2 Å². The Morgan fingerprint density at radius 2 is 1.85 bits per heavy atom. The van der Waals surface area contributed by atoms with Crippen LogP contribution in [0.25, 0.3) is 17.0 Å². The Balaban J connectivity index is 1.20. The smallest absolute Gasteiger partial charge is 0.338 e. The average molecular weight is 622 g/mol. The average Bonchev–Trinajstić information content (AvgIpc) is 3.75. The maximum absolute atomic E-state index is 13.7. The molecule has 4 heterocycles. The number of aromatic amines is 1. The molecule has 46 heavy (non-hydrogen) atoms. The van der Waals surface area contributed by atoms with Crippen LogP contribution in [0.5, 0.6) is 0 Å². The Bertz CT molecular complexity index is 1880. The van der Waals surface area contributed by atoms with Gasteiger partial charge >= 0.3 is 5.97 Å². The molecule has 0 radical (unpaired) electrons. The third-order valence-corrected chi connectivity index (χ3v) is 9.11. The fraction of sp³-hybridized carbons (Fsp3) is 0.343. The number of pyridine rings is 1. The molecule has 5 bridgehead atoms. The number of fused-ring (bicyclic) bond motifs is 3. The monoisotopic (exact) mass is 621 g/mol. The van der Waals surface area contributed by atoms with E-state index in [4.69, 9.17) is 14.2 Å². The number of aromatic nitrogens is 3. The molecule has 0 unspecified atom stereocenters. The van der Waals surface area contributed by atoms with Crippen molar-refractivity contribution in [3.05, 3.63) is 93.8 Å². The number of ether oxygens (including phenoxy) is 3. The van der Waals surface area contributed by atoms with Crippen molar-refractivity contribution in [1.29, 1.82) is 0 Å². The van der Waals surface area contributed by atoms with Crippen molar-refractivity contribution in [1.82, 2.24) is 20.1 Å². The predicted octanol–water partition coefficient (Wildman–Crippen LogP) is 3.54. The van der Waals surface area contributed by atoms with Crippen molar-refractivity contribution in [2.45, 2.75) is 37.7 Å². The van der Waals surface area contributed by atoms with E-state index in [1.807, 2.05) is 43.3 Å². The summed E-state index contributed by atoms with van der Waals surface area (Å²) < 4.78 is 17.4. The number of hydrogen-bond donors (Lipinski definition) is 2. The zero-order valence-electron chi connectivity index (χ0n) is 25.8. The van der Waals surface area contributed by atoms with Crippen molar-refractivity contribution >= 4 is 40.6 Å². The molecule has 7 rings (SSSR count). The molecule has 2 aromatic heterocycles. The first-order chi connectivity index (χ1) is 22.3. The van der Waals surface area contributed by atoms with Crippen molar-refractivity contribution in [3.8, 4) is 0 Å². The maximum atomic E-state index is 13.7. The van der Waals surface area contributed by atoms with Crippen LogP contribution >= 0.6 is 0 Å². The summed E-state index contributed by atoms with van der Waals surface area (Å²) in [7, 11) is 1.68. The standard InChI is InChI=1S/C35H35N5O6/c1-21-12-23(13-27-20-37-39-30(21)27)15-29-32(41)40(2)7-9-45-11-10-44-8-3-4-22-14-28-31(36-19-22)38-34(43)35(28)17-25-6-5-24(33(42)46-29)16-26(25)18-35/h3-6,12-14,16,19-20,29H,7-11,15,17-18H2,1-2H3,(H,37,39)(H,36,38,43)/b4-3-/t29-,35+/m1/s1. The number of anilines is 1. The zero-order chi connectivity index (χ0) is 31.8. The molecule has 0 fully saturated rings. The first-order valence-electron chi connectivity index (χ1n) is 15.4. The Morgan fingerprint density at radius 3 is 2.74 bits per heavy atom. The van der Waals surface area contributed by atoms with Crippen molar-refractivity contribution in [3.63, 3.8) is 0 Å². The number of carbonyl (C=O) groups excluding carboxylic acids is 3. The van der Waals surface area contributed by atoms with Gasteiger partial charge in [0.15, 0.2) is 6.10 Å². The molecule has 2 aliphatic heterocycles. The number of aryl methyl sites for hydroxylation is 1. The van der Waals surface area contributed by atoms with E-state index in [2.05, 4.69) is 20.5 Å². The lowest BCUT2D eigenvalue weighted by atomic mass is 9.79. The minimum Gasteiger partial charge on any atom is -0.448 e. The Morgan fingerprint density at radius 1 is 1.00 bits per heavy atom. The molecule has 236 valence electrons. The lowest BCUT2D eigenvalue weighted by Gasteiger charge is -2.24. The highest BCUT2D eigenvalue weighted by atomic mass is 16.5. The van der Waals surface area contributed by atoms with E-state index in [0.717, 1.165) is 44.3 Å². The quantitative estimate of drug-likeness (QED) is 0.325. The number of amides is 2. The van der Waals surface area contributed by atoms with Gasteiger partial charge in [-0.3, -0.25) is 14.7 Å². The number of esters is 1. The van der Waals surface area contributed by atoms with Gasteiger partial charge in [0.25, 0.3) is 5.91 Å². The number of hydrogen-bond acceptors (Lipinski definition) is 8. The summed E-state index contributed by atoms with van der Waals surface area (Å²) in [6, 6.07) is 11.3. The molecule has 4 aromatic rings. The number of cyclic esters (lactones) is 1. The second-order valence-electron chi connectivity index (χ2n) is 12.2. The summed E-state index contributed by atoms with van der Waals surface area (Å²) in [5.74, 6) is -0.467. The largest absolute Gasteiger partial charge is 0.448 e. The second-order valence-corrected chi connectivity index (χ2v) is 12.2. The normalized spacial score (nSPS) is 22.8. The number of rotatable bonds is 2. The molecule has 2 aromatic carbocycles. The van der Waals surface area contributed by atoms with Gasteiger partial charge in [0.2, 0.25) is 5.91 Å². The molecule has 1 aliphatic carbocycles. The van der Waals surface area contributed by atoms with Crippen LogP contribution in [0.4, 0.5) is 5.82 Å². The van der Waals surface area contributed by atoms with Gasteiger partial charge in [-0.25, -0.2) is 9.78 Å². The van der Waals surface area contributed by atoms with Crippen molar-refractivity contribution in [2.75, 3.05) is 45.3 Å². The van der Waals surface area contributed by atoms with Gasteiger partial charge in [0.05, 0.1) is 49.1 Å². The lowest BCUT2D eigenvalue weighted by Crippen LogP contribution is -2.42. The van der Waals surface area contributed by atoms with E-state index in [-0.39, 0.29) is 18.2 Å². The van der Waals surface area contributed by atoms with Crippen molar-refractivity contribution in [2.24, 2.45) is 0 Å². The van der Waals surface area contributed by atoms with Crippen LogP contribution < -0.4 is 5.32 Å². The molecule has 2 amide bonds. The van der Waals surface area contributed by atoms with E-state index in [1.165, 1.54) is 4.90 Å². The third kappa shape index (κ3) is 5.56. The minimum atomic E-state index is -1.06. The molecular formula is C35H35N5O6. The molecule has 11 heteroatoms. The zero-order valence-corrected chi connectivity index (χ0v) is 25.8. The molecule has 0 saturated carbocycles. The van der Waals surface area contributed by atoms with Gasteiger partial charge in [-0.15, -0.1) is 0 Å². The summed E-state index contributed by atoms with van der Waals surface area (Å²) in [4.78, 5) is 46.9. The molecule has 11 nitrogen and oxygen atoms in total. The second kappa shape index (κ2) is 12.1. The number of likely N-dealkylation sites (N-methyl/N-ethyl adjacent to an activating group) is 1. The number of carbonyl (C=O) groups is 3. The molecule has 0 saturated heterocycles. The maximum Gasteiger partial charge on any atom is 0.338 e. The minimum absolute atomic E-state index is 0.104. The van der Waals surface area contributed by atoms with E-state index < -0.39 is 17.5 Å². The van der Waals surface area contributed by atoms with Crippen LogP contribution in [0, 0.1) is 6.92 Å². The van der Waals surface area contributed by atoms with Gasteiger partial charge in [-0.1, -0.05) is 24.3 Å². The first kappa shape index (κ1) is 29.8. The van der Waals surface area contributed by atoms with Crippen LogP contribution in [-0.4, -0.2) is 84.0 Å². The first-order valence-corrected chi connectivity index (χ1v) is 15.4. The summed E-state index contributed by atoms with van der Waals surface area (Å²) >= 11 is 0. The highest BCUT2D eigenvalue weighted by Gasteiger charge is 2.51. The van der Waals surface area contributed by atoms with Crippen molar-refractivity contribution < 1.29 is 28.6 Å². The molecule has 2 atom stereocenters. The summed E-state index contributed by atoms with van der Waals surface area (Å²) in [5, 5.41) is 11.0. The van der Waals surface area contributed by atoms with Crippen LogP contribution in [0.2, 0.25) is 0 Å². The SMILES string of the molecule is Cc1cc(C[C@H]2OC(=O)c3ccc4c(c3)C[C@]3(C4)C(=O)Nc4ncc(cc43)/C=C\COCCOCCN(C)C2=O)cc2cn[nH]c12. The van der Waals surface area contributed by atoms with E-state index in [0.29, 0.717) is 57.2 Å².